The minimum Gasteiger partial charge on any atom is -0.366 e. The van der Waals surface area contributed by atoms with Crippen molar-refractivity contribution in [3.05, 3.63) is 50.7 Å². The molecule has 0 aliphatic carbocycles. The Hall–Kier alpha value is -1.79. The second-order valence-electron chi connectivity index (χ2n) is 4.96. The van der Waals surface area contributed by atoms with Crippen LogP contribution in [0.3, 0.4) is 0 Å². The second-order valence-corrected chi connectivity index (χ2v) is 6.19. The summed E-state index contributed by atoms with van der Waals surface area (Å²) in [6.07, 6.45) is 0. The lowest BCUT2D eigenvalue weighted by molar-refractivity contribution is 0.1000. The van der Waals surface area contributed by atoms with Gasteiger partial charge in [0.05, 0.1) is 10.7 Å². The van der Waals surface area contributed by atoms with E-state index in [0.717, 1.165) is 15.6 Å². The zero-order valence-electron chi connectivity index (χ0n) is 12.2. The molecule has 0 saturated heterocycles. The normalized spacial score (nSPS) is 12.4. The fraction of sp³-hybridized carbons (Fsp3) is 0.333. The standard InChI is InChI=1S/C15H18FN3OS/c1-8(14-9(2)19-10(3)21-14)18-7-12-5-4-11(15(17)20)6-13(12)16/h4-6,8,18H,7H2,1-3H3,(H2,17,20). The molecule has 1 aromatic heterocycles. The number of aromatic nitrogens is 1. The van der Waals surface area contributed by atoms with E-state index in [2.05, 4.69) is 10.3 Å². The van der Waals surface area contributed by atoms with E-state index in [1.54, 1.807) is 17.4 Å². The quantitative estimate of drug-likeness (QED) is 0.892. The Bertz CT molecular complexity index is 669. The lowest BCUT2D eigenvalue weighted by Crippen LogP contribution is -2.19. The van der Waals surface area contributed by atoms with Gasteiger partial charge in [0.2, 0.25) is 5.91 Å². The molecule has 0 aliphatic heterocycles. The SMILES string of the molecule is Cc1nc(C)c(C(C)NCc2ccc(C(N)=O)cc2F)s1. The van der Waals surface area contributed by atoms with Gasteiger partial charge in [-0.15, -0.1) is 11.3 Å². The van der Waals surface area contributed by atoms with Gasteiger partial charge in [0.25, 0.3) is 0 Å². The Morgan fingerprint density at radius 2 is 2.19 bits per heavy atom. The summed E-state index contributed by atoms with van der Waals surface area (Å²) >= 11 is 1.64. The third kappa shape index (κ3) is 3.65. The molecule has 2 aromatic rings. The smallest absolute Gasteiger partial charge is 0.248 e. The minimum atomic E-state index is -0.627. The number of hydrogen-bond donors (Lipinski definition) is 2. The molecule has 1 unspecified atom stereocenters. The van der Waals surface area contributed by atoms with E-state index in [1.807, 2.05) is 20.8 Å². The van der Waals surface area contributed by atoms with Crippen molar-refractivity contribution in [1.29, 1.82) is 0 Å². The number of carbonyl (C=O) groups is 1. The number of benzene rings is 1. The van der Waals surface area contributed by atoms with Crippen molar-refractivity contribution in [1.82, 2.24) is 10.3 Å². The van der Waals surface area contributed by atoms with E-state index in [0.29, 0.717) is 12.1 Å². The number of hydrogen-bond acceptors (Lipinski definition) is 4. The lowest BCUT2D eigenvalue weighted by Gasteiger charge is -2.13. The Balaban J connectivity index is 2.06. The van der Waals surface area contributed by atoms with Crippen LogP contribution < -0.4 is 11.1 Å². The molecule has 1 aromatic carbocycles. The van der Waals surface area contributed by atoms with Crippen molar-refractivity contribution in [2.75, 3.05) is 0 Å². The van der Waals surface area contributed by atoms with E-state index in [9.17, 15) is 9.18 Å². The molecule has 0 saturated carbocycles. The van der Waals surface area contributed by atoms with Crippen molar-refractivity contribution in [2.24, 2.45) is 5.73 Å². The van der Waals surface area contributed by atoms with E-state index in [1.165, 1.54) is 12.1 Å². The van der Waals surface area contributed by atoms with Crippen LogP contribution in [0.4, 0.5) is 4.39 Å². The number of thiazole rings is 1. The summed E-state index contributed by atoms with van der Waals surface area (Å²) in [5.74, 6) is -1.05. The average molecular weight is 307 g/mol. The highest BCUT2D eigenvalue weighted by atomic mass is 32.1. The van der Waals surface area contributed by atoms with E-state index in [-0.39, 0.29) is 11.6 Å². The molecule has 0 spiro atoms. The Morgan fingerprint density at radius 1 is 1.48 bits per heavy atom. The predicted molar refractivity (Wildman–Crippen MR) is 81.8 cm³/mol. The van der Waals surface area contributed by atoms with Gasteiger partial charge in [-0.25, -0.2) is 9.37 Å². The highest BCUT2D eigenvalue weighted by Gasteiger charge is 2.13. The van der Waals surface area contributed by atoms with Crippen LogP contribution in [0.5, 0.6) is 0 Å². The van der Waals surface area contributed by atoms with Gasteiger partial charge in [0.1, 0.15) is 5.82 Å². The van der Waals surface area contributed by atoms with Crippen LogP contribution in [0, 0.1) is 19.7 Å². The summed E-state index contributed by atoms with van der Waals surface area (Å²) in [5.41, 5.74) is 6.81. The molecule has 0 radical (unpaired) electrons. The summed E-state index contributed by atoms with van der Waals surface area (Å²) in [6, 6.07) is 4.38. The molecule has 1 atom stereocenters. The summed E-state index contributed by atoms with van der Waals surface area (Å²) in [5, 5.41) is 4.29. The maximum atomic E-state index is 13.9. The van der Waals surface area contributed by atoms with Crippen molar-refractivity contribution in [3.8, 4) is 0 Å². The number of halogens is 1. The fourth-order valence-corrected chi connectivity index (χ4v) is 3.10. The Morgan fingerprint density at radius 3 is 2.71 bits per heavy atom. The van der Waals surface area contributed by atoms with Gasteiger partial charge in [0.15, 0.2) is 0 Å². The number of aryl methyl sites for hydroxylation is 2. The zero-order valence-corrected chi connectivity index (χ0v) is 13.1. The van der Waals surface area contributed by atoms with Crippen molar-refractivity contribution >= 4 is 17.2 Å². The molecular weight excluding hydrogens is 289 g/mol. The van der Waals surface area contributed by atoms with Crippen LogP contribution in [-0.4, -0.2) is 10.9 Å². The van der Waals surface area contributed by atoms with Gasteiger partial charge in [-0.1, -0.05) is 6.07 Å². The van der Waals surface area contributed by atoms with Gasteiger partial charge >= 0.3 is 0 Å². The Kier molecular flexibility index (Phi) is 4.69. The fourth-order valence-electron chi connectivity index (χ4n) is 2.15. The summed E-state index contributed by atoms with van der Waals surface area (Å²) in [7, 11) is 0. The largest absolute Gasteiger partial charge is 0.366 e. The maximum absolute atomic E-state index is 13.9. The van der Waals surface area contributed by atoms with Gasteiger partial charge in [0, 0.05) is 28.6 Å². The molecule has 2 rings (SSSR count). The van der Waals surface area contributed by atoms with E-state index >= 15 is 0 Å². The first-order chi connectivity index (χ1) is 9.88. The molecule has 4 nitrogen and oxygen atoms in total. The molecule has 0 aliphatic rings. The van der Waals surface area contributed by atoms with Crippen LogP contribution >= 0.6 is 11.3 Å². The molecule has 0 bridgehead atoms. The lowest BCUT2D eigenvalue weighted by atomic mass is 10.1. The number of nitrogens with one attached hydrogen (secondary N) is 1. The number of nitrogens with zero attached hydrogens (tertiary/aromatic N) is 1. The van der Waals surface area contributed by atoms with Crippen LogP contribution in [0.1, 0.15) is 44.5 Å². The van der Waals surface area contributed by atoms with Gasteiger partial charge in [-0.3, -0.25) is 4.79 Å². The van der Waals surface area contributed by atoms with E-state index in [4.69, 9.17) is 5.73 Å². The molecule has 1 heterocycles. The molecule has 1 amide bonds. The molecule has 0 fully saturated rings. The molecule has 6 heteroatoms. The number of primary amides is 1. The molecule has 21 heavy (non-hydrogen) atoms. The first-order valence-electron chi connectivity index (χ1n) is 6.64. The highest BCUT2D eigenvalue weighted by Crippen LogP contribution is 2.24. The van der Waals surface area contributed by atoms with Crippen LogP contribution in [0.2, 0.25) is 0 Å². The molecule has 112 valence electrons. The number of nitrogens with two attached hydrogens (primary N) is 1. The summed E-state index contributed by atoms with van der Waals surface area (Å²) in [4.78, 5) is 16.5. The zero-order chi connectivity index (χ0) is 15.6. The molecular formula is C15H18FN3OS. The topological polar surface area (TPSA) is 68.0 Å². The van der Waals surface area contributed by atoms with Gasteiger partial charge in [-0.05, 0) is 32.9 Å². The third-order valence-electron chi connectivity index (χ3n) is 3.27. The Labute approximate surface area is 127 Å². The second kappa shape index (κ2) is 6.32. The minimum absolute atomic E-state index is 0.0893. The van der Waals surface area contributed by atoms with Crippen molar-refractivity contribution in [2.45, 2.75) is 33.4 Å². The number of carbonyl (C=O) groups excluding carboxylic acids is 1. The van der Waals surface area contributed by atoms with Crippen LogP contribution in [0.25, 0.3) is 0 Å². The maximum Gasteiger partial charge on any atom is 0.248 e. The summed E-state index contributed by atoms with van der Waals surface area (Å²) in [6.45, 7) is 6.34. The molecule has 3 N–H and O–H groups in total. The van der Waals surface area contributed by atoms with Gasteiger partial charge < -0.3 is 11.1 Å². The van der Waals surface area contributed by atoms with E-state index < -0.39 is 11.7 Å². The van der Waals surface area contributed by atoms with Crippen LogP contribution in [0.15, 0.2) is 18.2 Å². The highest BCUT2D eigenvalue weighted by molar-refractivity contribution is 7.11. The van der Waals surface area contributed by atoms with Crippen LogP contribution in [-0.2, 0) is 6.54 Å². The summed E-state index contributed by atoms with van der Waals surface area (Å²) < 4.78 is 13.9. The average Bonchev–Trinajstić information content (AvgIpc) is 2.75. The van der Waals surface area contributed by atoms with Gasteiger partial charge in [-0.2, -0.15) is 0 Å². The van der Waals surface area contributed by atoms with Crippen molar-refractivity contribution in [3.63, 3.8) is 0 Å². The van der Waals surface area contributed by atoms with Crippen molar-refractivity contribution < 1.29 is 9.18 Å². The number of amides is 1. The predicted octanol–water partition coefficient (Wildman–Crippen LogP) is 2.85. The first kappa shape index (κ1) is 15.6. The number of rotatable bonds is 5. The third-order valence-corrected chi connectivity index (χ3v) is 4.52. The monoisotopic (exact) mass is 307 g/mol. The first-order valence-corrected chi connectivity index (χ1v) is 7.45.